The van der Waals surface area contributed by atoms with Crippen molar-refractivity contribution in [2.75, 3.05) is 41.3 Å². The highest BCUT2D eigenvalue weighted by Crippen LogP contribution is 2.50. The molecule has 2 aliphatic rings. The number of hydrogen-bond donors (Lipinski definition) is 0. The Labute approximate surface area is 117 Å². The van der Waals surface area contributed by atoms with Gasteiger partial charge in [-0.1, -0.05) is 6.42 Å². The maximum absolute atomic E-state index is 12.3. The Morgan fingerprint density at radius 3 is 2.26 bits per heavy atom. The number of carbonyl (C=O) groups excluding carboxylic acids is 1. The van der Waals surface area contributed by atoms with E-state index in [0.29, 0.717) is 12.0 Å². The van der Waals surface area contributed by atoms with Crippen LogP contribution in [0, 0.1) is 11.3 Å². The zero-order valence-electron chi connectivity index (χ0n) is 12.8. The summed E-state index contributed by atoms with van der Waals surface area (Å²) in [6.07, 6.45) is 5.53. The third-order valence-corrected chi connectivity index (χ3v) is 5.17. The molecule has 0 aromatic heterocycles. The van der Waals surface area contributed by atoms with Crippen LogP contribution in [0.15, 0.2) is 0 Å². The first-order valence-corrected chi connectivity index (χ1v) is 7.44. The third kappa shape index (κ3) is 2.65. The van der Waals surface area contributed by atoms with Crippen LogP contribution in [0.5, 0.6) is 0 Å². The molecule has 0 aromatic carbocycles. The molecule has 110 valence electrons. The molecule has 1 unspecified atom stereocenters. The molecule has 0 bridgehead atoms. The summed E-state index contributed by atoms with van der Waals surface area (Å²) in [5, 5.41) is 0. The molecule has 1 saturated heterocycles. The van der Waals surface area contributed by atoms with Gasteiger partial charge >= 0.3 is 5.97 Å². The van der Waals surface area contributed by atoms with Crippen LogP contribution in [0.3, 0.4) is 0 Å². The first kappa shape index (κ1) is 14.8. The number of carbonyl (C=O) groups is 1. The second-order valence-electron chi connectivity index (χ2n) is 6.55. The summed E-state index contributed by atoms with van der Waals surface area (Å²) >= 11 is 0. The normalized spacial score (nSPS) is 25.9. The van der Waals surface area contributed by atoms with Gasteiger partial charge in [0.15, 0.2) is 0 Å². The van der Waals surface area contributed by atoms with E-state index in [9.17, 15) is 4.79 Å². The molecule has 1 aliphatic heterocycles. The molecular formula is C15H28N2O2. The Morgan fingerprint density at radius 2 is 1.89 bits per heavy atom. The Balaban J connectivity index is 2.17. The van der Waals surface area contributed by atoms with Crippen molar-refractivity contribution in [3.63, 3.8) is 0 Å². The van der Waals surface area contributed by atoms with Crippen molar-refractivity contribution in [3.05, 3.63) is 0 Å². The van der Waals surface area contributed by atoms with Gasteiger partial charge in [-0.3, -0.25) is 4.79 Å². The van der Waals surface area contributed by atoms with E-state index in [-0.39, 0.29) is 11.4 Å². The van der Waals surface area contributed by atoms with Gasteiger partial charge in [0, 0.05) is 6.04 Å². The number of piperidine rings is 1. The van der Waals surface area contributed by atoms with Gasteiger partial charge in [-0.05, 0) is 65.8 Å². The minimum atomic E-state index is -0.237. The van der Waals surface area contributed by atoms with Crippen molar-refractivity contribution in [2.24, 2.45) is 11.3 Å². The number of ether oxygens (including phenoxy) is 1. The summed E-state index contributed by atoms with van der Waals surface area (Å²) in [5.74, 6) is 0.627. The highest BCUT2D eigenvalue weighted by molar-refractivity contribution is 5.78. The Bertz CT molecular complexity index is 318. The van der Waals surface area contributed by atoms with Gasteiger partial charge in [-0.2, -0.15) is 0 Å². The van der Waals surface area contributed by atoms with E-state index in [1.165, 1.54) is 20.0 Å². The lowest BCUT2D eigenvalue weighted by Gasteiger charge is -2.52. The lowest BCUT2D eigenvalue weighted by molar-refractivity contribution is -0.167. The van der Waals surface area contributed by atoms with Crippen molar-refractivity contribution in [3.8, 4) is 0 Å². The summed E-state index contributed by atoms with van der Waals surface area (Å²) in [4.78, 5) is 17.0. The molecule has 4 nitrogen and oxygen atoms in total. The molecule has 0 radical (unpaired) electrons. The zero-order chi connectivity index (χ0) is 14.0. The van der Waals surface area contributed by atoms with Crippen molar-refractivity contribution in [1.29, 1.82) is 0 Å². The van der Waals surface area contributed by atoms with Gasteiger partial charge in [0.1, 0.15) is 0 Å². The van der Waals surface area contributed by atoms with Gasteiger partial charge in [0.05, 0.1) is 12.5 Å². The molecule has 1 atom stereocenters. The number of methoxy groups -OCH3 is 1. The largest absolute Gasteiger partial charge is 0.469 e. The molecular weight excluding hydrogens is 240 g/mol. The fourth-order valence-electron chi connectivity index (χ4n) is 4.09. The SMILES string of the molecule is COC(=O)C1(C(C2CCN(C)CC2)N(C)C)CCC1. The lowest BCUT2D eigenvalue weighted by Crippen LogP contribution is -2.58. The first-order valence-electron chi connectivity index (χ1n) is 7.44. The summed E-state index contributed by atoms with van der Waals surface area (Å²) in [5.41, 5.74) is -0.237. The van der Waals surface area contributed by atoms with Crippen LogP contribution in [0.2, 0.25) is 0 Å². The van der Waals surface area contributed by atoms with Gasteiger partial charge in [-0.25, -0.2) is 0 Å². The highest BCUT2D eigenvalue weighted by atomic mass is 16.5. The average Bonchev–Trinajstić information content (AvgIpc) is 2.34. The van der Waals surface area contributed by atoms with Gasteiger partial charge in [-0.15, -0.1) is 0 Å². The number of likely N-dealkylation sites (tertiary alicyclic amines) is 1. The molecule has 2 fully saturated rings. The first-order chi connectivity index (χ1) is 9.01. The Kier molecular flexibility index (Phi) is 4.51. The minimum Gasteiger partial charge on any atom is -0.469 e. The van der Waals surface area contributed by atoms with Crippen LogP contribution in [-0.2, 0) is 9.53 Å². The number of esters is 1. The van der Waals surface area contributed by atoms with Crippen molar-refractivity contribution in [2.45, 2.75) is 38.1 Å². The van der Waals surface area contributed by atoms with Gasteiger partial charge < -0.3 is 14.5 Å². The predicted octanol–water partition coefficient (Wildman–Crippen LogP) is 1.60. The van der Waals surface area contributed by atoms with Crippen molar-refractivity contribution < 1.29 is 9.53 Å². The van der Waals surface area contributed by atoms with Crippen LogP contribution in [-0.4, -0.2) is 63.2 Å². The molecule has 0 aromatic rings. The second-order valence-corrected chi connectivity index (χ2v) is 6.55. The number of rotatable bonds is 4. The quantitative estimate of drug-likeness (QED) is 0.725. The van der Waals surface area contributed by atoms with Gasteiger partial charge in [0.2, 0.25) is 0 Å². The molecule has 4 heteroatoms. The predicted molar refractivity (Wildman–Crippen MR) is 76.0 cm³/mol. The lowest BCUT2D eigenvalue weighted by atomic mass is 9.59. The number of hydrogen-bond acceptors (Lipinski definition) is 4. The molecule has 0 amide bonds. The monoisotopic (exact) mass is 268 g/mol. The van der Waals surface area contributed by atoms with E-state index in [4.69, 9.17) is 4.74 Å². The smallest absolute Gasteiger partial charge is 0.313 e. The summed E-state index contributed by atoms with van der Waals surface area (Å²) in [6.45, 7) is 2.29. The molecule has 19 heavy (non-hydrogen) atoms. The topological polar surface area (TPSA) is 32.8 Å². The standard InChI is InChI=1S/C15H28N2O2/c1-16(2)13(12-6-10-17(3)11-7-12)15(8-5-9-15)14(18)19-4/h12-13H,5-11H2,1-4H3. The summed E-state index contributed by atoms with van der Waals surface area (Å²) in [7, 11) is 7.95. The van der Waals surface area contributed by atoms with Crippen LogP contribution < -0.4 is 0 Å². The molecule has 1 saturated carbocycles. The summed E-state index contributed by atoms with van der Waals surface area (Å²) < 4.78 is 5.12. The van der Waals surface area contributed by atoms with Crippen molar-refractivity contribution in [1.82, 2.24) is 9.80 Å². The van der Waals surface area contributed by atoms with Crippen molar-refractivity contribution >= 4 is 5.97 Å². The summed E-state index contributed by atoms with van der Waals surface area (Å²) in [6, 6.07) is 0.336. The molecule has 1 heterocycles. The molecule has 2 rings (SSSR count). The van der Waals surface area contributed by atoms with E-state index in [1.807, 2.05) is 0 Å². The highest BCUT2D eigenvalue weighted by Gasteiger charge is 2.54. The zero-order valence-corrected chi connectivity index (χ0v) is 12.8. The molecule has 0 N–H and O–H groups in total. The van der Waals surface area contributed by atoms with E-state index >= 15 is 0 Å². The van der Waals surface area contributed by atoms with Crippen LogP contribution in [0.4, 0.5) is 0 Å². The van der Waals surface area contributed by atoms with E-state index in [1.54, 1.807) is 0 Å². The number of nitrogens with zero attached hydrogens (tertiary/aromatic N) is 2. The van der Waals surface area contributed by atoms with Gasteiger partial charge in [0.25, 0.3) is 0 Å². The fourth-order valence-corrected chi connectivity index (χ4v) is 4.09. The minimum absolute atomic E-state index is 0.0105. The van der Waals surface area contributed by atoms with E-state index < -0.39 is 0 Å². The fraction of sp³-hybridized carbons (Fsp3) is 0.933. The maximum atomic E-state index is 12.3. The Morgan fingerprint density at radius 1 is 1.32 bits per heavy atom. The second kappa shape index (κ2) is 5.80. The molecule has 1 aliphatic carbocycles. The molecule has 0 spiro atoms. The van der Waals surface area contributed by atoms with Crippen LogP contribution in [0.1, 0.15) is 32.1 Å². The van der Waals surface area contributed by atoms with E-state index in [0.717, 1.165) is 32.4 Å². The van der Waals surface area contributed by atoms with E-state index in [2.05, 4.69) is 30.9 Å². The van der Waals surface area contributed by atoms with Crippen LogP contribution >= 0.6 is 0 Å². The Hall–Kier alpha value is -0.610. The average molecular weight is 268 g/mol. The van der Waals surface area contributed by atoms with Crippen LogP contribution in [0.25, 0.3) is 0 Å². The maximum Gasteiger partial charge on any atom is 0.313 e. The third-order valence-electron chi connectivity index (χ3n) is 5.17.